The molecule has 2 aromatic rings. The summed E-state index contributed by atoms with van der Waals surface area (Å²) >= 11 is 0. The Balaban J connectivity index is 1.72. The van der Waals surface area contributed by atoms with E-state index in [1.54, 1.807) is 0 Å². The zero-order valence-electron chi connectivity index (χ0n) is 14.5. The van der Waals surface area contributed by atoms with Gasteiger partial charge in [0, 0.05) is 18.3 Å². The van der Waals surface area contributed by atoms with Gasteiger partial charge in [-0.05, 0) is 55.4 Å². The lowest BCUT2D eigenvalue weighted by molar-refractivity contribution is 0.181. The second kappa shape index (κ2) is 7.52. The van der Waals surface area contributed by atoms with Gasteiger partial charge in [0.2, 0.25) is 0 Å². The van der Waals surface area contributed by atoms with Crippen LogP contribution >= 0.6 is 0 Å². The van der Waals surface area contributed by atoms with Crippen molar-refractivity contribution in [1.29, 1.82) is 0 Å². The molecule has 0 bridgehead atoms. The van der Waals surface area contributed by atoms with Crippen LogP contribution in [0.1, 0.15) is 37.8 Å². The summed E-state index contributed by atoms with van der Waals surface area (Å²) in [5.41, 5.74) is 3.31. The number of amides is 2. The first-order valence-corrected chi connectivity index (χ1v) is 8.88. The molecule has 126 valence electrons. The van der Waals surface area contributed by atoms with Gasteiger partial charge < -0.3 is 10.2 Å². The molecular formula is C21H26N2O. The first-order valence-electron chi connectivity index (χ1n) is 8.88. The number of nitrogens with one attached hydrogen (secondary N) is 1. The number of urea groups is 1. The summed E-state index contributed by atoms with van der Waals surface area (Å²) in [5.74, 6) is 0.641. The summed E-state index contributed by atoms with van der Waals surface area (Å²) < 4.78 is 0. The SMILES string of the molecule is CCc1ccc(NC(=O)N(Cc2ccccc2)C(C)C2CC2)cc1. The van der Waals surface area contributed by atoms with Gasteiger partial charge >= 0.3 is 6.03 Å². The monoisotopic (exact) mass is 322 g/mol. The fraction of sp³-hybridized carbons (Fsp3) is 0.381. The quantitative estimate of drug-likeness (QED) is 0.790. The number of nitrogens with zero attached hydrogens (tertiary/aromatic N) is 1. The van der Waals surface area contributed by atoms with Crippen LogP contribution in [0, 0.1) is 5.92 Å². The van der Waals surface area contributed by atoms with E-state index in [2.05, 4.69) is 43.4 Å². The molecule has 3 nitrogen and oxygen atoms in total. The maximum atomic E-state index is 12.9. The molecule has 3 rings (SSSR count). The van der Waals surface area contributed by atoms with Crippen LogP contribution < -0.4 is 5.32 Å². The molecule has 0 aliphatic heterocycles. The molecule has 0 heterocycles. The molecule has 2 aromatic carbocycles. The molecule has 1 N–H and O–H groups in total. The summed E-state index contributed by atoms with van der Waals surface area (Å²) in [4.78, 5) is 14.8. The van der Waals surface area contributed by atoms with Gasteiger partial charge in [0.25, 0.3) is 0 Å². The average molecular weight is 322 g/mol. The van der Waals surface area contributed by atoms with E-state index in [9.17, 15) is 4.79 Å². The summed E-state index contributed by atoms with van der Waals surface area (Å²) in [7, 11) is 0. The number of anilines is 1. The summed E-state index contributed by atoms with van der Waals surface area (Å²) in [6.45, 7) is 4.95. The minimum absolute atomic E-state index is 0.0116. The van der Waals surface area contributed by atoms with E-state index in [-0.39, 0.29) is 12.1 Å². The highest BCUT2D eigenvalue weighted by atomic mass is 16.2. The Morgan fingerprint density at radius 2 is 1.75 bits per heavy atom. The maximum absolute atomic E-state index is 12.9. The molecule has 0 aromatic heterocycles. The minimum Gasteiger partial charge on any atom is -0.317 e. The van der Waals surface area contributed by atoms with Gasteiger partial charge in [0.15, 0.2) is 0 Å². The van der Waals surface area contributed by atoms with Gasteiger partial charge in [0.05, 0.1) is 0 Å². The van der Waals surface area contributed by atoms with E-state index in [1.165, 1.54) is 24.0 Å². The number of carbonyl (C=O) groups is 1. The maximum Gasteiger partial charge on any atom is 0.322 e. The van der Waals surface area contributed by atoms with Crippen LogP contribution in [-0.2, 0) is 13.0 Å². The third-order valence-corrected chi connectivity index (χ3v) is 4.87. The van der Waals surface area contributed by atoms with Gasteiger partial charge in [-0.3, -0.25) is 0 Å². The van der Waals surface area contributed by atoms with E-state index in [0.717, 1.165) is 12.1 Å². The normalized spacial score (nSPS) is 14.9. The largest absolute Gasteiger partial charge is 0.322 e. The van der Waals surface area contributed by atoms with Crippen molar-refractivity contribution in [1.82, 2.24) is 4.90 Å². The van der Waals surface area contributed by atoms with Crippen molar-refractivity contribution in [3.05, 3.63) is 65.7 Å². The Hall–Kier alpha value is -2.29. The highest BCUT2D eigenvalue weighted by Crippen LogP contribution is 2.36. The predicted molar refractivity (Wildman–Crippen MR) is 99.0 cm³/mol. The number of carbonyl (C=O) groups excluding carboxylic acids is 1. The van der Waals surface area contributed by atoms with E-state index in [4.69, 9.17) is 0 Å². The second-order valence-electron chi connectivity index (χ2n) is 6.67. The van der Waals surface area contributed by atoms with E-state index < -0.39 is 0 Å². The first-order chi connectivity index (χ1) is 11.7. The summed E-state index contributed by atoms with van der Waals surface area (Å²) in [6.07, 6.45) is 3.46. The van der Waals surface area contributed by atoms with Crippen LogP contribution in [0.5, 0.6) is 0 Å². The molecule has 1 aliphatic rings. The number of aryl methyl sites for hydroxylation is 1. The molecule has 1 unspecified atom stereocenters. The van der Waals surface area contributed by atoms with Crippen LogP contribution in [0.25, 0.3) is 0 Å². The fourth-order valence-electron chi connectivity index (χ4n) is 3.03. The molecule has 1 fully saturated rings. The molecule has 3 heteroatoms. The highest BCUT2D eigenvalue weighted by molar-refractivity contribution is 5.89. The Labute approximate surface area is 144 Å². The van der Waals surface area contributed by atoms with Gasteiger partial charge in [-0.1, -0.05) is 49.4 Å². The Kier molecular flexibility index (Phi) is 5.19. The van der Waals surface area contributed by atoms with Crippen LogP contribution in [-0.4, -0.2) is 17.0 Å². The van der Waals surface area contributed by atoms with Crippen molar-refractivity contribution in [2.45, 2.75) is 45.7 Å². The molecular weight excluding hydrogens is 296 g/mol. The Morgan fingerprint density at radius 3 is 2.33 bits per heavy atom. The molecule has 24 heavy (non-hydrogen) atoms. The van der Waals surface area contributed by atoms with Crippen LogP contribution in [0.15, 0.2) is 54.6 Å². The molecule has 1 aliphatic carbocycles. The fourth-order valence-corrected chi connectivity index (χ4v) is 3.03. The van der Waals surface area contributed by atoms with Crippen LogP contribution in [0.3, 0.4) is 0 Å². The molecule has 1 saturated carbocycles. The molecule has 0 radical (unpaired) electrons. The zero-order valence-corrected chi connectivity index (χ0v) is 14.5. The van der Waals surface area contributed by atoms with E-state index in [0.29, 0.717) is 12.5 Å². The summed E-state index contributed by atoms with van der Waals surface area (Å²) in [5, 5.41) is 3.06. The van der Waals surface area contributed by atoms with Gasteiger partial charge in [-0.25, -0.2) is 4.79 Å². The van der Waals surface area contributed by atoms with Crippen molar-refractivity contribution >= 4 is 11.7 Å². The first kappa shape index (κ1) is 16.6. The van der Waals surface area contributed by atoms with Crippen molar-refractivity contribution in [3.63, 3.8) is 0 Å². The lowest BCUT2D eigenvalue weighted by Gasteiger charge is -2.29. The highest BCUT2D eigenvalue weighted by Gasteiger charge is 2.34. The van der Waals surface area contributed by atoms with Crippen molar-refractivity contribution in [3.8, 4) is 0 Å². The lowest BCUT2D eigenvalue weighted by Crippen LogP contribution is -2.42. The predicted octanol–water partition coefficient (Wildman–Crippen LogP) is 5.08. The molecule has 1 atom stereocenters. The Bertz CT molecular complexity index is 662. The number of rotatable bonds is 6. The van der Waals surface area contributed by atoms with Crippen LogP contribution in [0.4, 0.5) is 10.5 Å². The van der Waals surface area contributed by atoms with Gasteiger partial charge in [-0.15, -0.1) is 0 Å². The topological polar surface area (TPSA) is 32.3 Å². The van der Waals surface area contributed by atoms with Crippen molar-refractivity contribution < 1.29 is 4.79 Å². The molecule has 2 amide bonds. The second-order valence-corrected chi connectivity index (χ2v) is 6.67. The zero-order chi connectivity index (χ0) is 16.9. The standard InChI is InChI=1S/C21H26N2O/c1-3-17-9-13-20(14-10-17)22-21(24)23(16(2)19-11-12-19)15-18-7-5-4-6-8-18/h4-10,13-14,16,19H,3,11-12,15H2,1-2H3,(H,22,24). The van der Waals surface area contributed by atoms with Crippen molar-refractivity contribution in [2.75, 3.05) is 5.32 Å². The van der Waals surface area contributed by atoms with Crippen LogP contribution in [0.2, 0.25) is 0 Å². The number of hydrogen-bond donors (Lipinski definition) is 1. The Morgan fingerprint density at radius 1 is 1.08 bits per heavy atom. The smallest absolute Gasteiger partial charge is 0.317 e. The van der Waals surface area contributed by atoms with Gasteiger partial charge in [-0.2, -0.15) is 0 Å². The number of hydrogen-bond acceptors (Lipinski definition) is 1. The number of benzene rings is 2. The lowest BCUT2D eigenvalue weighted by atomic mass is 10.1. The minimum atomic E-state index is -0.0116. The van der Waals surface area contributed by atoms with Gasteiger partial charge in [0.1, 0.15) is 0 Å². The summed E-state index contributed by atoms with van der Waals surface area (Å²) in [6, 6.07) is 18.6. The van der Waals surface area contributed by atoms with Crippen molar-refractivity contribution in [2.24, 2.45) is 5.92 Å². The van der Waals surface area contributed by atoms with E-state index in [1.807, 2.05) is 35.2 Å². The average Bonchev–Trinajstić information content (AvgIpc) is 3.46. The molecule has 0 spiro atoms. The molecule has 0 saturated heterocycles. The third kappa shape index (κ3) is 4.16. The third-order valence-electron chi connectivity index (χ3n) is 4.87. The van der Waals surface area contributed by atoms with E-state index >= 15 is 0 Å².